The summed E-state index contributed by atoms with van der Waals surface area (Å²) in [7, 11) is 0. The summed E-state index contributed by atoms with van der Waals surface area (Å²) in [6, 6.07) is 7.76. The van der Waals surface area contributed by atoms with E-state index in [-0.39, 0.29) is 18.4 Å². The van der Waals surface area contributed by atoms with Crippen molar-refractivity contribution in [1.82, 2.24) is 5.32 Å². The first-order valence-corrected chi connectivity index (χ1v) is 5.60. The van der Waals surface area contributed by atoms with Crippen LogP contribution in [0, 0.1) is 5.92 Å². The standard InChI is InChI=1S/C13H19NO2/c1-10(2)13(16)14-8-7-11-3-5-12(9-15)6-4-11/h3-6,10,15H,7-9H2,1-2H3,(H,14,16). The van der Waals surface area contributed by atoms with E-state index >= 15 is 0 Å². The van der Waals surface area contributed by atoms with E-state index in [1.54, 1.807) is 0 Å². The predicted molar refractivity (Wildman–Crippen MR) is 63.9 cm³/mol. The van der Waals surface area contributed by atoms with Crippen molar-refractivity contribution in [2.75, 3.05) is 6.54 Å². The maximum Gasteiger partial charge on any atom is 0.222 e. The van der Waals surface area contributed by atoms with Crippen LogP contribution in [0.4, 0.5) is 0 Å². The minimum absolute atomic E-state index is 0.0387. The predicted octanol–water partition coefficient (Wildman–Crippen LogP) is 1.49. The second kappa shape index (κ2) is 6.28. The van der Waals surface area contributed by atoms with Gasteiger partial charge in [-0.05, 0) is 17.5 Å². The molecule has 0 spiro atoms. The zero-order valence-electron chi connectivity index (χ0n) is 9.86. The Morgan fingerprint density at radius 3 is 2.31 bits per heavy atom. The average molecular weight is 221 g/mol. The van der Waals surface area contributed by atoms with Crippen LogP contribution in [0.2, 0.25) is 0 Å². The van der Waals surface area contributed by atoms with Crippen LogP contribution in [0.25, 0.3) is 0 Å². The van der Waals surface area contributed by atoms with Crippen LogP contribution >= 0.6 is 0 Å². The topological polar surface area (TPSA) is 49.3 Å². The molecule has 0 aromatic heterocycles. The number of carbonyl (C=O) groups excluding carboxylic acids is 1. The molecule has 16 heavy (non-hydrogen) atoms. The summed E-state index contributed by atoms with van der Waals surface area (Å²) in [6.45, 7) is 4.50. The minimum Gasteiger partial charge on any atom is -0.392 e. The molecule has 0 saturated carbocycles. The fourth-order valence-corrected chi connectivity index (χ4v) is 1.35. The zero-order chi connectivity index (χ0) is 12.0. The Labute approximate surface area is 96.5 Å². The molecule has 1 aromatic rings. The van der Waals surface area contributed by atoms with Crippen LogP contribution in [0.3, 0.4) is 0 Å². The van der Waals surface area contributed by atoms with Gasteiger partial charge >= 0.3 is 0 Å². The molecule has 1 amide bonds. The molecule has 0 atom stereocenters. The highest BCUT2D eigenvalue weighted by molar-refractivity contribution is 5.77. The molecule has 3 heteroatoms. The van der Waals surface area contributed by atoms with Gasteiger partial charge in [0.1, 0.15) is 0 Å². The molecule has 2 N–H and O–H groups in total. The van der Waals surface area contributed by atoms with Crippen molar-refractivity contribution in [3.63, 3.8) is 0 Å². The van der Waals surface area contributed by atoms with E-state index in [1.165, 1.54) is 5.56 Å². The molecule has 0 heterocycles. The fourth-order valence-electron chi connectivity index (χ4n) is 1.35. The number of benzene rings is 1. The molecule has 0 aliphatic rings. The summed E-state index contributed by atoms with van der Waals surface area (Å²) in [5.41, 5.74) is 2.08. The molecular weight excluding hydrogens is 202 g/mol. The number of amides is 1. The van der Waals surface area contributed by atoms with E-state index in [0.717, 1.165) is 12.0 Å². The summed E-state index contributed by atoms with van der Waals surface area (Å²) in [6.07, 6.45) is 0.824. The van der Waals surface area contributed by atoms with Gasteiger partial charge in [-0.2, -0.15) is 0 Å². The highest BCUT2D eigenvalue weighted by atomic mass is 16.3. The summed E-state index contributed by atoms with van der Waals surface area (Å²) >= 11 is 0. The zero-order valence-corrected chi connectivity index (χ0v) is 9.86. The molecule has 0 fully saturated rings. The second-order valence-corrected chi connectivity index (χ2v) is 4.17. The molecule has 0 saturated heterocycles. The normalized spacial score (nSPS) is 10.5. The Balaban J connectivity index is 2.34. The van der Waals surface area contributed by atoms with E-state index in [9.17, 15) is 4.79 Å². The lowest BCUT2D eigenvalue weighted by molar-refractivity contribution is -0.123. The van der Waals surface area contributed by atoms with Crippen molar-refractivity contribution < 1.29 is 9.90 Å². The maximum absolute atomic E-state index is 11.3. The number of carbonyl (C=O) groups is 1. The summed E-state index contributed by atoms with van der Waals surface area (Å²) in [5, 5.41) is 11.8. The van der Waals surface area contributed by atoms with Crippen molar-refractivity contribution in [2.24, 2.45) is 5.92 Å². The number of aliphatic hydroxyl groups excluding tert-OH is 1. The highest BCUT2D eigenvalue weighted by Gasteiger charge is 2.04. The lowest BCUT2D eigenvalue weighted by atomic mass is 10.1. The van der Waals surface area contributed by atoms with E-state index < -0.39 is 0 Å². The lowest BCUT2D eigenvalue weighted by Gasteiger charge is -2.07. The molecule has 88 valence electrons. The third kappa shape index (κ3) is 4.03. The molecule has 0 aliphatic heterocycles. The van der Waals surface area contributed by atoms with Gasteiger partial charge in [-0.3, -0.25) is 4.79 Å². The van der Waals surface area contributed by atoms with Crippen LogP contribution in [0.15, 0.2) is 24.3 Å². The van der Waals surface area contributed by atoms with Gasteiger partial charge in [0.05, 0.1) is 6.61 Å². The van der Waals surface area contributed by atoms with Crippen LogP contribution in [0.1, 0.15) is 25.0 Å². The molecular formula is C13H19NO2. The second-order valence-electron chi connectivity index (χ2n) is 4.17. The van der Waals surface area contributed by atoms with Gasteiger partial charge in [-0.1, -0.05) is 38.1 Å². The monoisotopic (exact) mass is 221 g/mol. The summed E-state index contributed by atoms with van der Waals surface area (Å²) in [4.78, 5) is 11.3. The third-order valence-corrected chi connectivity index (χ3v) is 2.44. The maximum atomic E-state index is 11.3. The van der Waals surface area contributed by atoms with Crippen LogP contribution in [0.5, 0.6) is 0 Å². The van der Waals surface area contributed by atoms with E-state index in [1.807, 2.05) is 38.1 Å². The molecule has 0 radical (unpaired) electrons. The number of aliphatic hydroxyl groups is 1. The van der Waals surface area contributed by atoms with Crippen molar-refractivity contribution in [3.05, 3.63) is 35.4 Å². The lowest BCUT2D eigenvalue weighted by Crippen LogP contribution is -2.29. The van der Waals surface area contributed by atoms with E-state index in [0.29, 0.717) is 6.54 Å². The number of hydrogen-bond donors (Lipinski definition) is 2. The first-order chi connectivity index (χ1) is 7.63. The van der Waals surface area contributed by atoms with Crippen LogP contribution in [-0.2, 0) is 17.8 Å². The van der Waals surface area contributed by atoms with Crippen molar-refractivity contribution >= 4 is 5.91 Å². The fraction of sp³-hybridized carbons (Fsp3) is 0.462. The van der Waals surface area contributed by atoms with Crippen LogP contribution in [-0.4, -0.2) is 17.6 Å². The molecule has 0 bridgehead atoms. The molecule has 1 rings (SSSR count). The molecule has 0 aliphatic carbocycles. The molecule has 0 unspecified atom stereocenters. The summed E-state index contributed by atoms with van der Waals surface area (Å²) in [5.74, 6) is 0.128. The Morgan fingerprint density at radius 1 is 1.25 bits per heavy atom. The molecule has 3 nitrogen and oxygen atoms in total. The van der Waals surface area contributed by atoms with Crippen molar-refractivity contribution in [2.45, 2.75) is 26.9 Å². The average Bonchev–Trinajstić information content (AvgIpc) is 2.29. The van der Waals surface area contributed by atoms with Gasteiger partial charge in [0.2, 0.25) is 5.91 Å². The largest absolute Gasteiger partial charge is 0.392 e. The first kappa shape index (κ1) is 12.7. The Bertz CT molecular complexity index is 330. The quantitative estimate of drug-likeness (QED) is 0.791. The Kier molecular flexibility index (Phi) is 4.99. The minimum atomic E-state index is 0.0387. The SMILES string of the molecule is CC(C)C(=O)NCCc1ccc(CO)cc1. The van der Waals surface area contributed by atoms with Gasteiger partial charge in [0.25, 0.3) is 0 Å². The Hall–Kier alpha value is -1.35. The molecule has 1 aromatic carbocycles. The van der Waals surface area contributed by atoms with Crippen molar-refractivity contribution in [1.29, 1.82) is 0 Å². The first-order valence-electron chi connectivity index (χ1n) is 5.60. The van der Waals surface area contributed by atoms with Gasteiger partial charge in [0.15, 0.2) is 0 Å². The smallest absolute Gasteiger partial charge is 0.222 e. The number of hydrogen-bond acceptors (Lipinski definition) is 2. The number of nitrogens with one attached hydrogen (secondary N) is 1. The van der Waals surface area contributed by atoms with Gasteiger partial charge in [-0.25, -0.2) is 0 Å². The van der Waals surface area contributed by atoms with Gasteiger partial charge in [0, 0.05) is 12.5 Å². The van der Waals surface area contributed by atoms with E-state index in [2.05, 4.69) is 5.32 Å². The number of rotatable bonds is 5. The van der Waals surface area contributed by atoms with Gasteiger partial charge < -0.3 is 10.4 Å². The third-order valence-electron chi connectivity index (χ3n) is 2.44. The summed E-state index contributed by atoms with van der Waals surface area (Å²) < 4.78 is 0. The Morgan fingerprint density at radius 2 is 1.81 bits per heavy atom. The highest BCUT2D eigenvalue weighted by Crippen LogP contribution is 2.04. The van der Waals surface area contributed by atoms with E-state index in [4.69, 9.17) is 5.11 Å². The van der Waals surface area contributed by atoms with Crippen molar-refractivity contribution in [3.8, 4) is 0 Å². The van der Waals surface area contributed by atoms with Gasteiger partial charge in [-0.15, -0.1) is 0 Å². The van der Waals surface area contributed by atoms with Crippen LogP contribution < -0.4 is 5.32 Å².